The quantitative estimate of drug-likeness (QED) is 0.0906. The number of carbonyl (C=O) groups is 2. The second-order valence-electron chi connectivity index (χ2n) is 13.1. The number of hydrogen-bond donors (Lipinski definition) is 4. The number of rotatable bonds is 12. The van der Waals surface area contributed by atoms with Crippen LogP contribution in [0, 0.1) is 11.6 Å². The third-order valence-electron chi connectivity index (χ3n) is 8.37. The molecule has 10 nitrogen and oxygen atoms in total. The monoisotopic (exact) mass is 762 g/mol. The SMILES string of the molecule is CC(C)c1ccc(NC(=O)c2cc(F)c(Cl)nc2NCc2ccncc2)cc1.CC(C)c1ccc(NC(=O)c2cc(F)cnc2NCc2ccncc2)cc1. The number of anilines is 4. The molecule has 2 aromatic carbocycles. The first-order chi connectivity index (χ1) is 26.5. The van der Waals surface area contributed by atoms with Gasteiger partial charge in [-0.2, -0.15) is 0 Å². The Morgan fingerprint density at radius 2 is 1.07 bits per heavy atom. The molecule has 0 aliphatic carbocycles. The average Bonchev–Trinajstić information content (AvgIpc) is 3.19. The van der Waals surface area contributed by atoms with Crippen LogP contribution >= 0.6 is 11.6 Å². The molecule has 6 aromatic rings. The molecular weight excluding hydrogens is 722 g/mol. The van der Waals surface area contributed by atoms with E-state index in [9.17, 15) is 18.4 Å². The molecule has 4 heterocycles. The van der Waals surface area contributed by atoms with Gasteiger partial charge in [0.2, 0.25) is 0 Å². The Balaban J connectivity index is 0.000000211. The molecule has 55 heavy (non-hydrogen) atoms. The number of amides is 2. The van der Waals surface area contributed by atoms with Crippen molar-refractivity contribution in [3.8, 4) is 0 Å². The van der Waals surface area contributed by atoms with E-state index in [4.69, 9.17) is 11.6 Å². The topological polar surface area (TPSA) is 134 Å². The molecule has 2 amide bonds. The van der Waals surface area contributed by atoms with Crippen molar-refractivity contribution in [2.45, 2.75) is 52.6 Å². The van der Waals surface area contributed by atoms with E-state index in [-0.39, 0.29) is 22.1 Å². The summed E-state index contributed by atoms with van der Waals surface area (Å²) in [7, 11) is 0. The molecule has 0 spiro atoms. The van der Waals surface area contributed by atoms with E-state index in [1.165, 1.54) is 11.6 Å². The summed E-state index contributed by atoms with van der Waals surface area (Å²) in [6.07, 6.45) is 7.78. The Morgan fingerprint density at radius 1 is 0.636 bits per heavy atom. The van der Waals surface area contributed by atoms with Gasteiger partial charge in [-0.1, -0.05) is 63.6 Å². The van der Waals surface area contributed by atoms with Crippen molar-refractivity contribution in [1.29, 1.82) is 0 Å². The maximum atomic E-state index is 14.0. The molecule has 6 rings (SSSR count). The largest absolute Gasteiger partial charge is 0.365 e. The molecule has 0 atom stereocenters. The van der Waals surface area contributed by atoms with Gasteiger partial charge in [0.25, 0.3) is 11.8 Å². The summed E-state index contributed by atoms with van der Waals surface area (Å²) in [5.74, 6) is -0.881. The van der Waals surface area contributed by atoms with E-state index < -0.39 is 23.4 Å². The fourth-order valence-electron chi connectivity index (χ4n) is 5.20. The van der Waals surface area contributed by atoms with Gasteiger partial charge in [0, 0.05) is 49.3 Å². The van der Waals surface area contributed by atoms with Crippen LogP contribution < -0.4 is 21.3 Å². The minimum absolute atomic E-state index is 0.0730. The van der Waals surface area contributed by atoms with Gasteiger partial charge in [0.05, 0.1) is 17.3 Å². The van der Waals surface area contributed by atoms with Crippen LogP contribution in [0.2, 0.25) is 5.15 Å². The average molecular weight is 763 g/mol. The van der Waals surface area contributed by atoms with Crippen LogP contribution in [0.3, 0.4) is 0 Å². The molecule has 0 aliphatic rings. The van der Waals surface area contributed by atoms with E-state index in [0.29, 0.717) is 42.1 Å². The van der Waals surface area contributed by atoms with E-state index in [1.54, 1.807) is 24.8 Å². The van der Waals surface area contributed by atoms with Crippen molar-refractivity contribution in [3.05, 3.63) is 166 Å². The summed E-state index contributed by atoms with van der Waals surface area (Å²) in [6, 6.07) is 24.8. The number of hydrogen-bond acceptors (Lipinski definition) is 8. The summed E-state index contributed by atoms with van der Waals surface area (Å²) >= 11 is 5.81. The number of nitrogens with zero attached hydrogens (tertiary/aromatic N) is 4. The van der Waals surface area contributed by atoms with Crippen molar-refractivity contribution in [3.63, 3.8) is 0 Å². The molecule has 0 bridgehead atoms. The Bertz CT molecular complexity index is 2190. The number of halogens is 3. The van der Waals surface area contributed by atoms with Crippen LogP contribution in [0.4, 0.5) is 31.8 Å². The normalized spacial score (nSPS) is 10.7. The van der Waals surface area contributed by atoms with E-state index in [0.717, 1.165) is 29.0 Å². The van der Waals surface area contributed by atoms with E-state index >= 15 is 0 Å². The second-order valence-corrected chi connectivity index (χ2v) is 13.4. The summed E-state index contributed by atoms with van der Waals surface area (Å²) in [6.45, 7) is 9.23. The third kappa shape index (κ3) is 11.6. The van der Waals surface area contributed by atoms with Gasteiger partial charge in [0.15, 0.2) is 11.0 Å². The predicted octanol–water partition coefficient (Wildman–Crippen LogP) is 9.86. The zero-order valence-electron chi connectivity index (χ0n) is 30.8. The molecular formula is C42H41ClF2N8O2. The lowest BCUT2D eigenvalue weighted by molar-refractivity contribution is 0.101. The van der Waals surface area contributed by atoms with Crippen molar-refractivity contribution in [1.82, 2.24) is 19.9 Å². The Morgan fingerprint density at radius 3 is 1.53 bits per heavy atom. The molecule has 0 saturated carbocycles. The molecule has 4 N–H and O–H groups in total. The van der Waals surface area contributed by atoms with Crippen LogP contribution in [0.25, 0.3) is 0 Å². The maximum Gasteiger partial charge on any atom is 0.259 e. The zero-order chi connectivity index (χ0) is 39.3. The van der Waals surface area contributed by atoms with Crippen LogP contribution in [0.15, 0.2) is 116 Å². The lowest BCUT2D eigenvalue weighted by Gasteiger charge is -2.13. The molecule has 0 fully saturated rings. The summed E-state index contributed by atoms with van der Waals surface area (Å²) in [4.78, 5) is 41.3. The fourth-order valence-corrected chi connectivity index (χ4v) is 5.34. The van der Waals surface area contributed by atoms with Crippen molar-refractivity contribution < 1.29 is 18.4 Å². The first-order valence-corrected chi connectivity index (χ1v) is 17.9. The number of carbonyl (C=O) groups excluding carboxylic acids is 2. The fraction of sp³-hybridized carbons (Fsp3) is 0.190. The zero-order valence-corrected chi connectivity index (χ0v) is 31.5. The molecule has 282 valence electrons. The predicted molar refractivity (Wildman–Crippen MR) is 213 cm³/mol. The number of nitrogens with one attached hydrogen (secondary N) is 4. The summed E-state index contributed by atoms with van der Waals surface area (Å²) in [5, 5.41) is 11.4. The van der Waals surface area contributed by atoms with Gasteiger partial charge in [-0.15, -0.1) is 0 Å². The van der Waals surface area contributed by atoms with Crippen molar-refractivity contribution >= 4 is 46.4 Å². The van der Waals surface area contributed by atoms with Crippen molar-refractivity contribution in [2.75, 3.05) is 21.3 Å². The minimum Gasteiger partial charge on any atom is -0.365 e. The summed E-state index contributed by atoms with van der Waals surface area (Å²) < 4.78 is 27.6. The van der Waals surface area contributed by atoms with Gasteiger partial charge in [-0.3, -0.25) is 19.6 Å². The third-order valence-corrected chi connectivity index (χ3v) is 8.63. The minimum atomic E-state index is -0.753. The highest BCUT2D eigenvalue weighted by Gasteiger charge is 2.18. The van der Waals surface area contributed by atoms with Crippen LogP contribution in [-0.4, -0.2) is 31.8 Å². The number of aromatic nitrogens is 4. The van der Waals surface area contributed by atoms with Gasteiger partial charge in [-0.25, -0.2) is 18.7 Å². The standard InChI is InChI=1S/C21H20ClFN4O.C21H21FN4O/c1-13(2)15-3-5-16(6-4-15)26-21(28)17-11-18(23)19(22)27-20(17)25-12-14-7-9-24-10-8-14;1-14(2)16-3-5-18(6-4-16)26-21(27)19-11-17(22)13-25-20(19)24-12-15-7-9-23-10-8-15/h3-11,13H,12H2,1-2H3,(H,25,27)(H,26,28);3-11,13-14H,12H2,1-2H3,(H,24,25)(H,26,27). The second kappa shape index (κ2) is 19.2. The molecule has 4 aromatic heterocycles. The van der Waals surface area contributed by atoms with Gasteiger partial charge >= 0.3 is 0 Å². The number of pyridine rings is 4. The summed E-state index contributed by atoms with van der Waals surface area (Å²) in [5.41, 5.74) is 5.75. The first-order valence-electron chi connectivity index (χ1n) is 17.6. The van der Waals surface area contributed by atoms with Crippen LogP contribution in [0.5, 0.6) is 0 Å². The van der Waals surface area contributed by atoms with Gasteiger partial charge in [0.1, 0.15) is 17.5 Å². The highest BCUT2D eigenvalue weighted by atomic mass is 35.5. The lowest BCUT2D eigenvalue weighted by Crippen LogP contribution is -2.16. The Labute approximate surface area is 323 Å². The molecule has 0 radical (unpaired) electrons. The van der Waals surface area contributed by atoms with Crippen molar-refractivity contribution in [2.24, 2.45) is 0 Å². The molecule has 0 aliphatic heterocycles. The van der Waals surface area contributed by atoms with E-state index in [1.807, 2.05) is 72.8 Å². The van der Waals surface area contributed by atoms with E-state index in [2.05, 4.69) is 68.9 Å². The van der Waals surface area contributed by atoms with Gasteiger partial charge in [-0.05, 0) is 94.8 Å². The Hall–Kier alpha value is -6.27. The Kier molecular flexibility index (Phi) is 13.9. The molecule has 0 unspecified atom stereocenters. The molecule has 13 heteroatoms. The first kappa shape index (κ1) is 39.9. The highest BCUT2D eigenvalue weighted by molar-refractivity contribution is 6.29. The van der Waals surface area contributed by atoms with Gasteiger partial charge < -0.3 is 21.3 Å². The van der Waals surface area contributed by atoms with Crippen LogP contribution in [0.1, 0.15) is 82.5 Å². The number of benzene rings is 2. The smallest absolute Gasteiger partial charge is 0.259 e. The highest BCUT2D eigenvalue weighted by Crippen LogP contribution is 2.24. The molecule has 0 saturated heterocycles. The van der Waals surface area contributed by atoms with Crippen LogP contribution in [-0.2, 0) is 13.1 Å². The maximum absolute atomic E-state index is 14.0. The lowest BCUT2D eigenvalue weighted by atomic mass is 10.0.